The van der Waals surface area contributed by atoms with Gasteiger partial charge in [-0.1, -0.05) is 19.0 Å². The Bertz CT molecular complexity index is 798. The van der Waals surface area contributed by atoms with Gasteiger partial charge in [0.2, 0.25) is 5.95 Å². The molecule has 6 nitrogen and oxygen atoms in total. The molecule has 0 fully saturated rings. The van der Waals surface area contributed by atoms with Gasteiger partial charge in [-0.25, -0.2) is 9.97 Å². The zero-order valence-electron chi connectivity index (χ0n) is 14.2. The first kappa shape index (κ1) is 16.1. The van der Waals surface area contributed by atoms with Crippen LogP contribution in [0.4, 0.5) is 5.95 Å². The Morgan fingerprint density at radius 3 is 2.67 bits per heavy atom. The fraction of sp³-hybridized carbons (Fsp3) is 0.333. The summed E-state index contributed by atoms with van der Waals surface area (Å²) >= 11 is 0. The molecule has 24 heavy (non-hydrogen) atoms. The van der Waals surface area contributed by atoms with Crippen molar-refractivity contribution in [3.05, 3.63) is 53.7 Å². The summed E-state index contributed by atoms with van der Waals surface area (Å²) in [7, 11) is 0. The number of nitrogens with zero attached hydrogens (tertiary/aromatic N) is 4. The smallest absolute Gasteiger partial charge is 0.222 e. The van der Waals surface area contributed by atoms with Gasteiger partial charge in [0.15, 0.2) is 5.76 Å². The lowest BCUT2D eigenvalue weighted by Gasteiger charge is -2.12. The molecule has 0 saturated heterocycles. The molecule has 0 aromatic carbocycles. The van der Waals surface area contributed by atoms with Gasteiger partial charge in [-0.3, -0.25) is 4.98 Å². The van der Waals surface area contributed by atoms with Crippen molar-refractivity contribution < 1.29 is 4.52 Å². The largest absolute Gasteiger partial charge is 0.356 e. The Hall–Kier alpha value is -2.76. The molecule has 0 amide bonds. The van der Waals surface area contributed by atoms with Crippen LogP contribution in [0, 0.1) is 6.92 Å². The molecule has 1 N–H and O–H groups in total. The predicted octanol–water partition coefficient (Wildman–Crippen LogP) is 3.61. The van der Waals surface area contributed by atoms with Crippen LogP contribution in [-0.4, -0.2) is 26.7 Å². The Labute approximate surface area is 141 Å². The Morgan fingerprint density at radius 2 is 2.00 bits per heavy atom. The summed E-state index contributed by atoms with van der Waals surface area (Å²) in [6, 6.07) is 5.93. The number of anilines is 1. The summed E-state index contributed by atoms with van der Waals surface area (Å²) in [6.07, 6.45) is 6.30. The van der Waals surface area contributed by atoms with Gasteiger partial charge in [0, 0.05) is 31.2 Å². The van der Waals surface area contributed by atoms with E-state index in [1.54, 1.807) is 18.6 Å². The molecule has 0 spiro atoms. The zero-order chi connectivity index (χ0) is 16.9. The summed E-state index contributed by atoms with van der Waals surface area (Å²) in [4.78, 5) is 13.1. The molecular weight excluding hydrogens is 302 g/mol. The van der Waals surface area contributed by atoms with Gasteiger partial charge in [-0.15, -0.1) is 0 Å². The number of aryl methyl sites for hydroxylation is 1. The molecule has 3 heterocycles. The Morgan fingerprint density at radius 1 is 1.21 bits per heavy atom. The zero-order valence-corrected chi connectivity index (χ0v) is 14.2. The molecule has 0 aliphatic rings. The van der Waals surface area contributed by atoms with Crippen molar-refractivity contribution in [1.29, 1.82) is 0 Å². The van der Waals surface area contributed by atoms with Crippen LogP contribution in [0.15, 0.2) is 41.3 Å². The average molecular weight is 323 g/mol. The highest BCUT2D eigenvalue weighted by molar-refractivity contribution is 5.61. The van der Waals surface area contributed by atoms with E-state index in [0.717, 1.165) is 29.9 Å². The van der Waals surface area contributed by atoms with Gasteiger partial charge >= 0.3 is 0 Å². The first-order chi connectivity index (χ1) is 11.6. The second-order valence-electron chi connectivity index (χ2n) is 6.01. The van der Waals surface area contributed by atoms with Gasteiger partial charge in [0.1, 0.15) is 0 Å². The molecule has 0 radical (unpaired) electrons. The lowest BCUT2D eigenvalue weighted by molar-refractivity contribution is 0.426. The third-order valence-corrected chi connectivity index (χ3v) is 3.70. The summed E-state index contributed by atoms with van der Waals surface area (Å²) in [6.45, 7) is 6.88. The van der Waals surface area contributed by atoms with E-state index in [0.29, 0.717) is 11.7 Å². The highest BCUT2D eigenvalue weighted by Crippen LogP contribution is 2.28. The molecule has 0 bridgehead atoms. The van der Waals surface area contributed by atoms with Crippen LogP contribution in [0.25, 0.3) is 11.3 Å². The first-order valence-electron chi connectivity index (χ1n) is 8.07. The van der Waals surface area contributed by atoms with Gasteiger partial charge in [-0.05, 0) is 37.0 Å². The molecule has 0 atom stereocenters. The lowest BCUT2D eigenvalue weighted by atomic mass is 10.0. The molecule has 0 saturated carbocycles. The fourth-order valence-corrected chi connectivity index (χ4v) is 2.47. The molecule has 0 aliphatic heterocycles. The van der Waals surface area contributed by atoms with E-state index in [4.69, 9.17) is 4.52 Å². The van der Waals surface area contributed by atoms with Crippen molar-refractivity contribution in [3.8, 4) is 11.3 Å². The second-order valence-corrected chi connectivity index (χ2v) is 6.01. The van der Waals surface area contributed by atoms with E-state index in [-0.39, 0.29) is 5.92 Å². The van der Waals surface area contributed by atoms with Gasteiger partial charge < -0.3 is 9.84 Å². The van der Waals surface area contributed by atoms with Crippen molar-refractivity contribution in [2.24, 2.45) is 0 Å². The first-order valence-corrected chi connectivity index (χ1v) is 8.07. The van der Waals surface area contributed by atoms with Crippen molar-refractivity contribution >= 4 is 5.95 Å². The number of aromatic nitrogens is 4. The van der Waals surface area contributed by atoms with Crippen molar-refractivity contribution in [2.45, 2.75) is 33.1 Å². The minimum absolute atomic E-state index is 0.258. The third kappa shape index (κ3) is 3.76. The fourth-order valence-electron chi connectivity index (χ4n) is 2.47. The maximum absolute atomic E-state index is 5.36. The monoisotopic (exact) mass is 323 g/mol. The normalized spacial score (nSPS) is 11.0. The summed E-state index contributed by atoms with van der Waals surface area (Å²) < 4.78 is 5.36. The van der Waals surface area contributed by atoms with Crippen molar-refractivity contribution in [1.82, 2.24) is 20.1 Å². The van der Waals surface area contributed by atoms with E-state index in [1.807, 2.05) is 25.1 Å². The Kier molecular flexibility index (Phi) is 4.84. The van der Waals surface area contributed by atoms with Crippen LogP contribution in [-0.2, 0) is 6.42 Å². The van der Waals surface area contributed by atoms with Crippen LogP contribution in [0.3, 0.4) is 0 Å². The van der Waals surface area contributed by atoms with E-state index in [2.05, 4.69) is 39.3 Å². The number of hydrogen-bond acceptors (Lipinski definition) is 6. The molecule has 3 aromatic rings. The van der Waals surface area contributed by atoms with Crippen molar-refractivity contribution in [2.75, 3.05) is 11.9 Å². The third-order valence-electron chi connectivity index (χ3n) is 3.70. The summed E-state index contributed by atoms with van der Waals surface area (Å²) in [5.74, 6) is 1.60. The maximum Gasteiger partial charge on any atom is 0.222 e. The SMILES string of the molecule is Cc1cc(-c2cnc(NCCc3ccncc3)nc2C(C)C)on1. The molecule has 3 rings (SSSR count). The highest BCUT2D eigenvalue weighted by atomic mass is 16.5. The summed E-state index contributed by atoms with van der Waals surface area (Å²) in [5, 5.41) is 7.23. The quantitative estimate of drug-likeness (QED) is 0.746. The van der Waals surface area contributed by atoms with E-state index >= 15 is 0 Å². The van der Waals surface area contributed by atoms with Crippen LogP contribution in [0.1, 0.15) is 36.7 Å². The molecule has 0 unspecified atom stereocenters. The van der Waals surface area contributed by atoms with Crippen LogP contribution >= 0.6 is 0 Å². The number of pyridine rings is 1. The van der Waals surface area contributed by atoms with E-state index < -0.39 is 0 Å². The van der Waals surface area contributed by atoms with E-state index in [9.17, 15) is 0 Å². The van der Waals surface area contributed by atoms with Gasteiger partial charge in [-0.2, -0.15) is 0 Å². The van der Waals surface area contributed by atoms with Crippen LogP contribution < -0.4 is 5.32 Å². The molecule has 124 valence electrons. The number of hydrogen-bond donors (Lipinski definition) is 1. The average Bonchev–Trinajstić information content (AvgIpc) is 3.02. The predicted molar refractivity (Wildman–Crippen MR) is 92.8 cm³/mol. The van der Waals surface area contributed by atoms with Crippen LogP contribution in [0.5, 0.6) is 0 Å². The molecular formula is C18H21N5O. The highest BCUT2D eigenvalue weighted by Gasteiger charge is 2.16. The van der Waals surface area contributed by atoms with Crippen molar-refractivity contribution in [3.63, 3.8) is 0 Å². The molecule has 0 aliphatic carbocycles. The minimum Gasteiger partial charge on any atom is -0.356 e. The Balaban J connectivity index is 1.74. The van der Waals surface area contributed by atoms with E-state index in [1.165, 1.54) is 5.56 Å². The van der Waals surface area contributed by atoms with Crippen LogP contribution in [0.2, 0.25) is 0 Å². The van der Waals surface area contributed by atoms with Gasteiger partial charge in [0.25, 0.3) is 0 Å². The molecule has 6 heteroatoms. The number of rotatable bonds is 6. The topological polar surface area (TPSA) is 76.7 Å². The second kappa shape index (κ2) is 7.21. The minimum atomic E-state index is 0.258. The molecule has 3 aromatic heterocycles. The lowest BCUT2D eigenvalue weighted by Crippen LogP contribution is -2.10. The summed E-state index contributed by atoms with van der Waals surface area (Å²) in [5.41, 5.74) is 3.92. The number of nitrogens with one attached hydrogen (secondary N) is 1. The van der Waals surface area contributed by atoms with Gasteiger partial charge in [0.05, 0.1) is 17.0 Å². The standard InChI is InChI=1S/C18H21N5O/c1-12(2)17-15(16-10-13(3)23-24-16)11-21-18(22-17)20-9-6-14-4-7-19-8-5-14/h4-5,7-8,10-12H,6,9H2,1-3H3,(H,20,21,22). The maximum atomic E-state index is 5.36.